The quantitative estimate of drug-likeness (QED) is 0.778. The molecule has 7 atom stereocenters. The molecule has 0 amide bonds. The van der Waals surface area contributed by atoms with E-state index in [9.17, 15) is 0 Å². The minimum Gasteiger partial charge on any atom is -0.379 e. The van der Waals surface area contributed by atoms with Crippen molar-refractivity contribution in [3.63, 3.8) is 0 Å². The molecule has 3 heteroatoms. The molecular formula is C18H30O3. The van der Waals surface area contributed by atoms with Gasteiger partial charge in [0.2, 0.25) is 0 Å². The molecule has 0 aromatic heterocycles. The van der Waals surface area contributed by atoms with Gasteiger partial charge in [-0.1, -0.05) is 20.8 Å². The highest BCUT2D eigenvalue weighted by molar-refractivity contribution is 5.21. The summed E-state index contributed by atoms with van der Waals surface area (Å²) < 4.78 is 18.0. The molecule has 21 heavy (non-hydrogen) atoms. The molecule has 1 spiro atoms. The zero-order valence-corrected chi connectivity index (χ0v) is 14.1. The molecule has 1 unspecified atom stereocenters. The summed E-state index contributed by atoms with van der Waals surface area (Å²) in [4.78, 5) is 0. The fourth-order valence-corrected chi connectivity index (χ4v) is 6.86. The maximum Gasteiger partial charge on any atom is 0.182 e. The Morgan fingerprint density at radius 1 is 1.10 bits per heavy atom. The Morgan fingerprint density at radius 3 is 2.57 bits per heavy atom. The van der Waals surface area contributed by atoms with Gasteiger partial charge in [0.25, 0.3) is 0 Å². The number of hydrogen-bond donors (Lipinski definition) is 0. The summed E-state index contributed by atoms with van der Waals surface area (Å²) in [6, 6.07) is 0. The van der Waals surface area contributed by atoms with Crippen LogP contribution in [-0.2, 0) is 14.2 Å². The lowest BCUT2D eigenvalue weighted by Gasteiger charge is -2.47. The Bertz CT molecular complexity index is 448. The van der Waals surface area contributed by atoms with Crippen LogP contribution in [0.25, 0.3) is 0 Å². The number of ether oxygens (including phenoxy) is 3. The van der Waals surface area contributed by atoms with Crippen LogP contribution in [0.2, 0.25) is 0 Å². The number of fused-ring (bicyclic) bond motifs is 3. The van der Waals surface area contributed by atoms with Crippen LogP contribution in [0.3, 0.4) is 0 Å². The molecule has 4 aliphatic rings. The maximum atomic E-state index is 6.41. The Labute approximate surface area is 128 Å². The molecule has 120 valence electrons. The summed E-state index contributed by atoms with van der Waals surface area (Å²) in [5.41, 5.74) is 0.741. The average molecular weight is 294 g/mol. The van der Waals surface area contributed by atoms with E-state index >= 15 is 0 Å². The average Bonchev–Trinajstić information content (AvgIpc) is 2.95. The third-order valence-corrected chi connectivity index (χ3v) is 7.84. The highest BCUT2D eigenvalue weighted by Gasteiger charge is 2.73. The van der Waals surface area contributed by atoms with E-state index in [2.05, 4.69) is 27.7 Å². The van der Waals surface area contributed by atoms with Gasteiger partial charge in [-0.3, -0.25) is 0 Å². The van der Waals surface area contributed by atoms with Crippen LogP contribution in [0.4, 0.5) is 0 Å². The summed E-state index contributed by atoms with van der Waals surface area (Å²) in [6.45, 7) is 10.3. The molecule has 0 N–H and O–H groups in total. The van der Waals surface area contributed by atoms with Crippen molar-refractivity contribution < 1.29 is 14.2 Å². The number of hydrogen-bond acceptors (Lipinski definition) is 3. The van der Waals surface area contributed by atoms with E-state index in [1.54, 1.807) is 7.11 Å². The second kappa shape index (κ2) is 4.24. The molecule has 3 nitrogen and oxygen atoms in total. The van der Waals surface area contributed by atoms with Crippen molar-refractivity contribution in [2.75, 3.05) is 13.7 Å². The Balaban J connectivity index is 1.72. The number of methoxy groups -OCH3 is 1. The van der Waals surface area contributed by atoms with Crippen LogP contribution in [-0.4, -0.2) is 31.7 Å². The van der Waals surface area contributed by atoms with E-state index in [0.717, 1.165) is 11.8 Å². The highest BCUT2D eigenvalue weighted by atomic mass is 16.8. The summed E-state index contributed by atoms with van der Waals surface area (Å²) in [5, 5.41) is 0. The second-order valence-corrected chi connectivity index (χ2v) is 8.86. The predicted molar refractivity (Wildman–Crippen MR) is 80.9 cm³/mol. The fraction of sp³-hybridized carbons (Fsp3) is 1.00. The van der Waals surface area contributed by atoms with Gasteiger partial charge in [-0.05, 0) is 61.2 Å². The van der Waals surface area contributed by atoms with Gasteiger partial charge in [0.15, 0.2) is 6.29 Å². The largest absolute Gasteiger partial charge is 0.379 e. The SMILES string of the molecule is COC[C@H]1O[C@H]2C[C@@]34C[C@@H](C(C)(C)C3CC[C@H]4C)[C@@]2(C)O1. The molecule has 1 heterocycles. The topological polar surface area (TPSA) is 27.7 Å². The third-order valence-electron chi connectivity index (χ3n) is 7.84. The maximum absolute atomic E-state index is 6.41. The van der Waals surface area contributed by atoms with E-state index < -0.39 is 0 Å². The lowest BCUT2D eigenvalue weighted by molar-refractivity contribution is -0.140. The van der Waals surface area contributed by atoms with Crippen LogP contribution >= 0.6 is 0 Å². The molecule has 3 saturated carbocycles. The van der Waals surface area contributed by atoms with Crippen molar-refractivity contribution in [1.82, 2.24) is 0 Å². The second-order valence-electron chi connectivity index (χ2n) is 8.86. The van der Waals surface area contributed by atoms with E-state index in [-0.39, 0.29) is 18.0 Å². The first kappa shape index (κ1) is 14.5. The van der Waals surface area contributed by atoms with E-state index in [1.807, 2.05) is 0 Å². The van der Waals surface area contributed by atoms with Crippen molar-refractivity contribution in [3.05, 3.63) is 0 Å². The zero-order valence-electron chi connectivity index (χ0n) is 14.1. The van der Waals surface area contributed by atoms with Crippen LogP contribution in [0.5, 0.6) is 0 Å². The van der Waals surface area contributed by atoms with E-state index in [4.69, 9.17) is 14.2 Å². The number of rotatable bonds is 2. The summed E-state index contributed by atoms with van der Waals surface area (Å²) >= 11 is 0. The molecule has 0 aromatic carbocycles. The van der Waals surface area contributed by atoms with Crippen molar-refractivity contribution in [2.24, 2.45) is 28.6 Å². The highest BCUT2D eigenvalue weighted by Crippen LogP contribution is 2.74. The van der Waals surface area contributed by atoms with Gasteiger partial charge in [0.1, 0.15) is 0 Å². The Morgan fingerprint density at radius 2 is 1.86 bits per heavy atom. The molecule has 0 radical (unpaired) electrons. The smallest absolute Gasteiger partial charge is 0.182 e. The van der Waals surface area contributed by atoms with Gasteiger partial charge in [-0.15, -0.1) is 0 Å². The van der Waals surface area contributed by atoms with Gasteiger partial charge in [-0.2, -0.15) is 0 Å². The van der Waals surface area contributed by atoms with Gasteiger partial charge in [-0.25, -0.2) is 0 Å². The van der Waals surface area contributed by atoms with E-state index in [0.29, 0.717) is 23.4 Å². The molecule has 1 saturated heterocycles. The molecule has 2 bridgehead atoms. The van der Waals surface area contributed by atoms with E-state index in [1.165, 1.54) is 25.7 Å². The standard InChI is InChI=1S/C18H30O3/c1-11-6-7-12-16(2,3)13-8-18(11,12)9-14-17(13,4)21-15(20-14)10-19-5/h11-15H,6-10H2,1-5H3/t11-,12?,13+,14+,15+,17-,18-/m1/s1. The van der Waals surface area contributed by atoms with Gasteiger partial charge < -0.3 is 14.2 Å². The molecule has 1 aliphatic heterocycles. The minimum absolute atomic E-state index is 0.123. The lowest BCUT2D eigenvalue weighted by atomic mass is 9.63. The van der Waals surface area contributed by atoms with Crippen LogP contribution < -0.4 is 0 Å². The van der Waals surface area contributed by atoms with Crippen LogP contribution in [0.15, 0.2) is 0 Å². The van der Waals surface area contributed by atoms with Gasteiger partial charge >= 0.3 is 0 Å². The molecule has 4 fully saturated rings. The van der Waals surface area contributed by atoms with Crippen LogP contribution in [0.1, 0.15) is 53.4 Å². The zero-order chi connectivity index (χ0) is 15.0. The van der Waals surface area contributed by atoms with Crippen molar-refractivity contribution in [2.45, 2.75) is 71.4 Å². The monoisotopic (exact) mass is 294 g/mol. The lowest BCUT2D eigenvalue weighted by Crippen LogP contribution is -2.52. The van der Waals surface area contributed by atoms with Gasteiger partial charge in [0, 0.05) is 7.11 Å². The molecule has 0 aromatic rings. The minimum atomic E-state index is -0.174. The first-order valence-corrected chi connectivity index (χ1v) is 8.67. The van der Waals surface area contributed by atoms with Gasteiger partial charge in [0.05, 0.1) is 18.3 Å². The Hall–Kier alpha value is -0.120. The van der Waals surface area contributed by atoms with Crippen molar-refractivity contribution >= 4 is 0 Å². The first-order valence-electron chi connectivity index (χ1n) is 8.67. The van der Waals surface area contributed by atoms with Crippen molar-refractivity contribution in [3.8, 4) is 0 Å². The first-order chi connectivity index (χ1) is 9.84. The summed E-state index contributed by atoms with van der Waals surface area (Å²) in [5.74, 6) is 2.29. The molecule has 4 rings (SSSR count). The third kappa shape index (κ3) is 1.61. The predicted octanol–water partition coefficient (Wildman–Crippen LogP) is 3.62. The molecule has 3 aliphatic carbocycles. The Kier molecular flexibility index (Phi) is 2.92. The van der Waals surface area contributed by atoms with Crippen LogP contribution in [0, 0.1) is 28.6 Å². The normalized spacial score (nSPS) is 57.3. The summed E-state index contributed by atoms with van der Waals surface area (Å²) in [7, 11) is 1.72. The molecular weight excluding hydrogens is 264 g/mol. The van der Waals surface area contributed by atoms with Crippen molar-refractivity contribution in [1.29, 1.82) is 0 Å². The fourth-order valence-electron chi connectivity index (χ4n) is 6.86. The summed E-state index contributed by atoms with van der Waals surface area (Å²) in [6.07, 6.45) is 5.40.